The monoisotopic (exact) mass is 330 g/mol. The average molecular weight is 333 g/mol. The lowest BCUT2D eigenvalue weighted by Crippen LogP contribution is -1.91. The molecule has 0 aromatic rings. The van der Waals surface area contributed by atoms with Crippen molar-refractivity contribution in [3.8, 4) is 0 Å². The molecule has 1 unspecified atom stereocenters. The highest BCUT2D eigenvalue weighted by Crippen LogP contribution is 2.19. The first kappa shape index (κ1) is 10.9. The van der Waals surface area contributed by atoms with Gasteiger partial charge in [-0.3, -0.25) is 0 Å². The molecule has 0 amide bonds. The van der Waals surface area contributed by atoms with E-state index >= 15 is 0 Å². The molecule has 0 aromatic carbocycles. The van der Waals surface area contributed by atoms with Crippen LogP contribution in [0.15, 0.2) is 21.6 Å². The van der Waals surface area contributed by atoms with Crippen molar-refractivity contribution in [1.29, 1.82) is 0 Å². The maximum Gasteiger partial charge on any atom is 0.0381 e. The van der Waals surface area contributed by atoms with E-state index in [1.54, 1.807) is 0 Å². The van der Waals surface area contributed by atoms with Crippen LogP contribution in [0.5, 0.6) is 0 Å². The van der Waals surface area contributed by atoms with Crippen LogP contribution in [0.1, 0.15) is 13.3 Å². The summed E-state index contributed by atoms with van der Waals surface area (Å²) in [5.41, 5.74) is 0. The van der Waals surface area contributed by atoms with Crippen LogP contribution in [0.3, 0.4) is 0 Å². The fraction of sp³-hybridized carbons (Fsp3) is 0.429. The van der Waals surface area contributed by atoms with Crippen LogP contribution < -0.4 is 0 Å². The highest BCUT2D eigenvalue weighted by atomic mass is 79.9. The molecule has 0 fully saturated rings. The second-order valence-corrected chi connectivity index (χ2v) is 5.54. The van der Waals surface area contributed by atoms with Crippen LogP contribution in [0.2, 0.25) is 0 Å². The van der Waals surface area contributed by atoms with E-state index in [4.69, 9.17) is 0 Å². The predicted molar refractivity (Wildman–Crippen MR) is 58.1 cm³/mol. The summed E-state index contributed by atoms with van der Waals surface area (Å²) in [7, 11) is 0. The van der Waals surface area contributed by atoms with E-state index in [2.05, 4.69) is 60.4 Å². The van der Waals surface area contributed by atoms with Gasteiger partial charge in [-0.05, 0) is 22.3 Å². The molecule has 1 atom stereocenters. The van der Waals surface area contributed by atoms with Crippen LogP contribution in [-0.2, 0) is 0 Å². The van der Waals surface area contributed by atoms with E-state index in [0.717, 1.165) is 15.4 Å². The van der Waals surface area contributed by atoms with E-state index < -0.39 is 0 Å². The van der Waals surface area contributed by atoms with Gasteiger partial charge in [0.15, 0.2) is 0 Å². The molecule has 0 aliphatic rings. The van der Waals surface area contributed by atoms with Crippen LogP contribution in [0.4, 0.5) is 0 Å². The molecule has 0 spiro atoms. The van der Waals surface area contributed by atoms with Gasteiger partial charge in [-0.1, -0.05) is 60.4 Å². The summed E-state index contributed by atoms with van der Waals surface area (Å²) in [5.74, 6) is 0. The molecule has 10 heavy (non-hydrogen) atoms. The Bertz CT molecular complexity index is 145. The van der Waals surface area contributed by atoms with E-state index in [1.807, 2.05) is 6.92 Å². The van der Waals surface area contributed by atoms with Crippen LogP contribution in [-0.4, -0.2) is 4.83 Å². The summed E-state index contributed by atoms with van der Waals surface area (Å²) in [6.07, 6.45) is 3.01. The first-order chi connectivity index (χ1) is 4.52. The second-order valence-electron chi connectivity index (χ2n) is 1.99. The molecule has 58 valence electrons. The van der Waals surface area contributed by atoms with Gasteiger partial charge in [0.1, 0.15) is 0 Å². The smallest absolute Gasteiger partial charge is 0.0381 e. The molecular formula is C7H9Br3. The molecular weight excluding hydrogens is 324 g/mol. The van der Waals surface area contributed by atoms with Crippen molar-refractivity contribution in [3.05, 3.63) is 21.6 Å². The van der Waals surface area contributed by atoms with Gasteiger partial charge in [0.05, 0.1) is 0 Å². The van der Waals surface area contributed by atoms with Crippen LogP contribution in [0.25, 0.3) is 0 Å². The summed E-state index contributed by atoms with van der Waals surface area (Å²) >= 11 is 10.1. The molecule has 0 saturated heterocycles. The minimum atomic E-state index is 0.374. The summed E-state index contributed by atoms with van der Waals surface area (Å²) < 4.78 is 2.16. The van der Waals surface area contributed by atoms with Gasteiger partial charge in [0.25, 0.3) is 0 Å². The zero-order chi connectivity index (χ0) is 8.15. The zero-order valence-corrected chi connectivity index (χ0v) is 10.5. The molecule has 0 nitrogen and oxygen atoms in total. The second kappa shape index (κ2) is 5.56. The fourth-order valence-corrected chi connectivity index (χ4v) is 2.76. The van der Waals surface area contributed by atoms with Crippen molar-refractivity contribution < 1.29 is 0 Å². The molecule has 0 heterocycles. The number of rotatable bonds is 3. The van der Waals surface area contributed by atoms with Crippen molar-refractivity contribution in [2.75, 3.05) is 0 Å². The number of hydrogen-bond donors (Lipinski definition) is 0. The Labute approximate surface area is 87.2 Å². The summed E-state index contributed by atoms with van der Waals surface area (Å²) in [5, 5.41) is 0. The Morgan fingerprint density at radius 3 is 2.40 bits per heavy atom. The summed E-state index contributed by atoms with van der Waals surface area (Å²) in [6.45, 7) is 5.75. The fourth-order valence-electron chi connectivity index (χ4n) is 0.520. The molecule has 0 aliphatic carbocycles. The predicted octanol–water partition coefficient (Wildman–Crippen LogP) is 4.35. The third kappa shape index (κ3) is 7.03. The van der Waals surface area contributed by atoms with E-state index in [9.17, 15) is 0 Å². The van der Waals surface area contributed by atoms with Gasteiger partial charge >= 0.3 is 0 Å². The molecule has 0 rings (SSSR count). The molecule has 0 N–H and O–H groups in total. The van der Waals surface area contributed by atoms with Crippen molar-refractivity contribution >= 4 is 47.8 Å². The maximum absolute atomic E-state index is 3.74. The minimum Gasteiger partial charge on any atom is -0.0888 e. The van der Waals surface area contributed by atoms with Gasteiger partial charge in [0.2, 0.25) is 0 Å². The number of alkyl halides is 1. The third-order valence-electron chi connectivity index (χ3n) is 0.827. The van der Waals surface area contributed by atoms with Crippen molar-refractivity contribution in [3.63, 3.8) is 0 Å². The van der Waals surface area contributed by atoms with E-state index in [0.29, 0.717) is 4.83 Å². The lowest BCUT2D eigenvalue weighted by Gasteiger charge is -2.01. The van der Waals surface area contributed by atoms with Crippen molar-refractivity contribution in [1.82, 2.24) is 0 Å². The minimum absolute atomic E-state index is 0.374. The van der Waals surface area contributed by atoms with E-state index in [1.165, 1.54) is 0 Å². The summed E-state index contributed by atoms with van der Waals surface area (Å²) in [6, 6.07) is 0. The van der Waals surface area contributed by atoms with Gasteiger partial charge < -0.3 is 0 Å². The first-order valence-electron chi connectivity index (χ1n) is 2.83. The van der Waals surface area contributed by atoms with Gasteiger partial charge in [0, 0.05) is 4.83 Å². The van der Waals surface area contributed by atoms with E-state index in [-0.39, 0.29) is 0 Å². The lowest BCUT2D eigenvalue weighted by molar-refractivity contribution is 1.08. The number of halogens is 3. The molecule has 0 radical (unpaired) electrons. The Kier molecular flexibility index (Phi) is 6.07. The average Bonchev–Trinajstić information content (AvgIpc) is 1.58. The van der Waals surface area contributed by atoms with Gasteiger partial charge in [-0.25, -0.2) is 0 Å². The standard InChI is InChI=1S/C7H9Br3/c1-5(8)3-7(10)4-6(2)9/h4,7H,1,3H2,2H3/b6-4+. The normalized spacial score (nSPS) is 15.0. The molecule has 0 bridgehead atoms. The van der Waals surface area contributed by atoms with Crippen LogP contribution >= 0.6 is 47.8 Å². The first-order valence-corrected chi connectivity index (χ1v) is 5.34. The molecule has 0 aliphatic heterocycles. The summed E-state index contributed by atoms with van der Waals surface area (Å²) in [4.78, 5) is 0.374. The zero-order valence-electron chi connectivity index (χ0n) is 5.70. The Hall–Kier alpha value is 0.920. The highest BCUT2D eigenvalue weighted by Gasteiger charge is 1.99. The molecule has 3 heteroatoms. The number of hydrogen-bond acceptors (Lipinski definition) is 0. The Balaban J connectivity index is 3.75. The van der Waals surface area contributed by atoms with Crippen LogP contribution in [0, 0.1) is 0 Å². The Morgan fingerprint density at radius 2 is 2.10 bits per heavy atom. The van der Waals surface area contributed by atoms with Gasteiger partial charge in [-0.15, -0.1) is 0 Å². The topological polar surface area (TPSA) is 0 Å². The SMILES string of the molecule is C=C(Br)CC(Br)/C=C(\C)Br. The van der Waals surface area contributed by atoms with Crippen molar-refractivity contribution in [2.45, 2.75) is 18.2 Å². The van der Waals surface area contributed by atoms with Crippen molar-refractivity contribution in [2.24, 2.45) is 0 Å². The molecule has 0 saturated carbocycles. The lowest BCUT2D eigenvalue weighted by atomic mass is 10.3. The quantitative estimate of drug-likeness (QED) is 0.674. The Morgan fingerprint density at radius 1 is 1.60 bits per heavy atom. The highest BCUT2D eigenvalue weighted by molar-refractivity contribution is 9.12. The largest absolute Gasteiger partial charge is 0.0888 e. The maximum atomic E-state index is 3.74. The number of allylic oxidation sites excluding steroid dienone is 3. The molecule has 0 aromatic heterocycles. The third-order valence-corrected chi connectivity index (χ3v) is 2.00. The van der Waals surface area contributed by atoms with Gasteiger partial charge in [-0.2, -0.15) is 0 Å².